The normalized spacial score (nSPS) is 10.0. The minimum absolute atomic E-state index is 0.490. The van der Waals surface area contributed by atoms with Crippen LogP contribution in [0, 0.1) is 0 Å². The van der Waals surface area contributed by atoms with Crippen molar-refractivity contribution in [1.82, 2.24) is 0 Å². The fraction of sp³-hybridized carbons (Fsp3) is 0.333. The molecular weight excluding hydrogens is 167 g/mol. The van der Waals surface area contributed by atoms with Gasteiger partial charge in [0, 0.05) is 0 Å². The van der Waals surface area contributed by atoms with Gasteiger partial charge in [0.15, 0.2) is 0 Å². The second-order valence-electron chi connectivity index (χ2n) is 2.68. The first-order valence-corrected chi connectivity index (χ1v) is 4.36. The first-order valence-electron chi connectivity index (χ1n) is 4.36. The molecule has 0 bridgehead atoms. The minimum atomic E-state index is -0.993. The van der Waals surface area contributed by atoms with Gasteiger partial charge in [-0.15, -0.1) is 0 Å². The van der Waals surface area contributed by atoms with Crippen LogP contribution in [-0.2, 0) is 9.69 Å². The summed E-state index contributed by atoms with van der Waals surface area (Å²) in [6.07, 6.45) is 0.863. The third-order valence-electron chi connectivity index (χ3n) is 1.53. The molecule has 13 heavy (non-hydrogen) atoms. The summed E-state index contributed by atoms with van der Waals surface area (Å²) in [6, 6.07) is 9.10. The summed E-state index contributed by atoms with van der Waals surface area (Å²) in [4.78, 5) is 9.47. The maximum atomic E-state index is 9.40. The molecule has 0 aliphatic rings. The molecule has 0 atom stereocenters. The molecule has 0 spiro atoms. The Morgan fingerprint density at radius 3 is 2.62 bits per heavy atom. The molecule has 0 saturated heterocycles. The summed E-state index contributed by atoms with van der Waals surface area (Å²) < 4.78 is 0. The number of benzene rings is 1. The number of hydrogen-bond acceptors (Lipinski definition) is 3. The molecule has 0 fully saturated rings. The van der Waals surface area contributed by atoms with Crippen LogP contribution in [0.3, 0.4) is 0 Å². The quantitative estimate of drug-likeness (QED) is 0.314. The highest BCUT2D eigenvalue weighted by molar-refractivity contribution is 6.59. The highest BCUT2D eigenvalue weighted by Gasteiger charge is 2.16. The molecule has 0 saturated carbocycles. The zero-order valence-corrected chi connectivity index (χ0v) is 7.64. The molecule has 0 unspecified atom stereocenters. The van der Waals surface area contributed by atoms with E-state index in [1.165, 1.54) is 0 Å². The van der Waals surface area contributed by atoms with Crippen LogP contribution < -0.4 is 5.46 Å². The van der Waals surface area contributed by atoms with Crippen molar-refractivity contribution in [2.75, 3.05) is 6.61 Å². The first-order chi connectivity index (χ1) is 6.34. The smallest absolute Gasteiger partial charge is 0.422 e. The topological polar surface area (TPSA) is 38.7 Å². The van der Waals surface area contributed by atoms with Gasteiger partial charge in [0.05, 0.1) is 6.61 Å². The fourth-order valence-electron chi connectivity index (χ4n) is 0.869. The number of hydrogen-bond donors (Lipinski definition) is 1. The molecule has 0 aliphatic heterocycles. The fourth-order valence-corrected chi connectivity index (χ4v) is 0.869. The van der Waals surface area contributed by atoms with Crippen LogP contribution in [0.2, 0.25) is 0 Å². The largest absolute Gasteiger partial charge is 0.523 e. The lowest BCUT2D eigenvalue weighted by Crippen LogP contribution is -2.33. The van der Waals surface area contributed by atoms with Gasteiger partial charge >= 0.3 is 7.12 Å². The first kappa shape index (κ1) is 10.2. The van der Waals surface area contributed by atoms with Crippen molar-refractivity contribution >= 4 is 12.6 Å². The van der Waals surface area contributed by atoms with E-state index in [-0.39, 0.29) is 0 Å². The molecule has 0 radical (unpaired) electrons. The van der Waals surface area contributed by atoms with Crippen molar-refractivity contribution in [2.24, 2.45) is 0 Å². The monoisotopic (exact) mass is 180 g/mol. The Hall–Kier alpha value is -0.835. The highest BCUT2D eigenvalue weighted by Crippen LogP contribution is 1.89. The van der Waals surface area contributed by atoms with E-state index in [9.17, 15) is 5.02 Å². The van der Waals surface area contributed by atoms with Crippen molar-refractivity contribution in [3.63, 3.8) is 0 Å². The van der Waals surface area contributed by atoms with Crippen molar-refractivity contribution < 1.29 is 14.7 Å². The van der Waals surface area contributed by atoms with Crippen LogP contribution in [0.5, 0.6) is 0 Å². The predicted molar refractivity (Wildman–Crippen MR) is 51.4 cm³/mol. The van der Waals surface area contributed by atoms with Crippen LogP contribution in [0.25, 0.3) is 0 Å². The third kappa shape index (κ3) is 3.59. The van der Waals surface area contributed by atoms with Gasteiger partial charge in [0.1, 0.15) is 0 Å². The van der Waals surface area contributed by atoms with Crippen LogP contribution in [0.15, 0.2) is 30.3 Å². The standard InChI is InChI=1S/C9H13BO3/c1-2-8-12-13-10(11)9-6-4-3-5-7-9/h3-7,11H,2,8H2,1H3. The van der Waals surface area contributed by atoms with E-state index < -0.39 is 7.12 Å². The summed E-state index contributed by atoms with van der Waals surface area (Å²) >= 11 is 0. The summed E-state index contributed by atoms with van der Waals surface area (Å²) in [7, 11) is -0.993. The Morgan fingerprint density at radius 2 is 2.00 bits per heavy atom. The molecule has 70 valence electrons. The van der Waals surface area contributed by atoms with Crippen LogP contribution in [-0.4, -0.2) is 18.7 Å². The van der Waals surface area contributed by atoms with E-state index in [0.29, 0.717) is 12.1 Å². The molecular formula is C9H13BO3. The van der Waals surface area contributed by atoms with E-state index in [2.05, 4.69) is 0 Å². The zero-order valence-electron chi connectivity index (χ0n) is 7.64. The molecule has 0 aromatic heterocycles. The van der Waals surface area contributed by atoms with Crippen molar-refractivity contribution in [3.05, 3.63) is 30.3 Å². The van der Waals surface area contributed by atoms with Crippen LogP contribution >= 0.6 is 0 Å². The third-order valence-corrected chi connectivity index (χ3v) is 1.53. The molecule has 3 nitrogen and oxygen atoms in total. The lowest BCUT2D eigenvalue weighted by molar-refractivity contribution is -0.220. The van der Waals surface area contributed by atoms with Gasteiger partial charge in [-0.25, -0.2) is 4.89 Å². The van der Waals surface area contributed by atoms with E-state index in [0.717, 1.165) is 6.42 Å². The van der Waals surface area contributed by atoms with E-state index >= 15 is 0 Å². The molecule has 1 aromatic rings. The second kappa shape index (κ2) is 5.75. The Morgan fingerprint density at radius 1 is 1.31 bits per heavy atom. The molecule has 1 aromatic carbocycles. The lowest BCUT2D eigenvalue weighted by Gasteiger charge is -2.05. The van der Waals surface area contributed by atoms with Crippen molar-refractivity contribution in [2.45, 2.75) is 13.3 Å². The molecule has 0 aliphatic carbocycles. The predicted octanol–water partition coefficient (Wildman–Crippen LogP) is 0.732. The lowest BCUT2D eigenvalue weighted by atomic mass is 9.80. The summed E-state index contributed by atoms with van der Waals surface area (Å²) in [6.45, 7) is 2.46. The molecule has 0 amide bonds. The average molecular weight is 180 g/mol. The van der Waals surface area contributed by atoms with E-state index in [4.69, 9.17) is 9.69 Å². The Kier molecular flexibility index (Phi) is 4.53. The average Bonchev–Trinajstić information content (AvgIpc) is 2.19. The molecule has 1 rings (SSSR count). The van der Waals surface area contributed by atoms with Gasteiger partial charge < -0.3 is 5.02 Å². The minimum Gasteiger partial charge on any atom is -0.422 e. The van der Waals surface area contributed by atoms with Crippen molar-refractivity contribution in [3.8, 4) is 0 Å². The van der Waals surface area contributed by atoms with Crippen LogP contribution in [0.1, 0.15) is 13.3 Å². The summed E-state index contributed by atoms with van der Waals surface area (Å²) in [5, 5.41) is 9.40. The van der Waals surface area contributed by atoms with E-state index in [1.54, 1.807) is 12.1 Å². The SMILES string of the molecule is CCCOOB(O)c1ccccc1. The Labute approximate surface area is 78.4 Å². The van der Waals surface area contributed by atoms with E-state index in [1.807, 2.05) is 25.1 Å². The zero-order chi connectivity index (χ0) is 9.52. The summed E-state index contributed by atoms with van der Waals surface area (Å²) in [5.74, 6) is 0. The van der Waals surface area contributed by atoms with Gasteiger partial charge in [-0.1, -0.05) is 37.3 Å². The van der Waals surface area contributed by atoms with Gasteiger partial charge in [-0.3, -0.25) is 4.81 Å². The summed E-state index contributed by atoms with van der Waals surface area (Å²) in [5.41, 5.74) is 0.693. The van der Waals surface area contributed by atoms with Crippen LogP contribution in [0.4, 0.5) is 0 Å². The number of rotatable bonds is 5. The highest BCUT2D eigenvalue weighted by atomic mass is 17.2. The molecule has 1 N–H and O–H groups in total. The Balaban J connectivity index is 2.35. The van der Waals surface area contributed by atoms with Gasteiger partial charge in [-0.05, 0) is 11.9 Å². The van der Waals surface area contributed by atoms with Gasteiger partial charge in [0.25, 0.3) is 0 Å². The molecule has 0 heterocycles. The van der Waals surface area contributed by atoms with Gasteiger partial charge in [-0.2, -0.15) is 0 Å². The Bertz CT molecular complexity index is 228. The second-order valence-corrected chi connectivity index (χ2v) is 2.68. The maximum Gasteiger partial charge on any atom is 0.523 e. The molecule has 4 heteroatoms. The maximum absolute atomic E-state index is 9.40. The van der Waals surface area contributed by atoms with Crippen molar-refractivity contribution in [1.29, 1.82) is 0 Å². The van der Waals surface area contributed by atoms with Gasteiger partial charge in [0.2, 0.25) is 0 Å².